The molecule has 1 atom stereocenters. The van der Waals surface area contributed by atoms with Crippen molar-refractivity contribution >= 4 is 5.76 Å². The van der Waals surface area contributed by atoms with Crippen LogP contribution in [0.5, 0.6) is 0 Å². The fourth-order valence-electron chi connectivity index (χ4n) is 1.13. The van der Waals surface area contributed by atoms with E-state index in [0.29, 0.717) is 5.76 Å². The number of rotatable bonds is 1. The number of pyridine rings is 1. The molecule has 1 aliphatic heterocycles. The summed E-state index contributed by atoms with van der Waals surface area (Å²) in [4.78, 5) is 8.67. The first-order valence-electron chi connectivity index (χ1n) is 4.02. The van der Waals surface area contributed by atoms with E-state index in [0.717, 1.165) is 5.56 Å². The fourth-order valence-corrected chi connectivity index (χ4v) is 1.13. The zero-order valence-corrected chi connectivity index (χ0v) is 7.12. The van der Waals surface area contributed by atoms with Crippen molar-refractivity contribution in [1.29, 1.82) is 0 Å². The lowest BCUT2D eigenvalue weighted by molar-refractivity contribution is 0.167. The summed E-state index contributed by atoms with van der Waals surface area (Å²) in [6.07, 6.45) is 3.36. The zero-order chi connectivity index (χ0) is 9.26. The minimum atomic E-state index is -0.483. The van der Waals surface area contributed by atoms with Crippen LogP contribution >= 0.6 is 0 Å². The molecule has 1 aromatic heterocycles. The summed E-state index contributed by atoms with van der Waals surface area (Å²) in [5, 5.41) is 0. The molecule has 0 radical (unpaired) electrons. The molecule has 0 aromatic carbocycles. The standard InChI is InChI=1S/C9H9FN2O/c1-6-4-8(13-12-6)7-2-3-9(10)11-5-7/h2-6,12H,1H3. The molecule has 1 N–H and O–H groups in total. The van der Waals surface area contributed by atoms with E-state index in [9.17, 15) is 4.39 Å². The third kappa shape index (κ3) is 1.67. The van der Waals surface area contributed by atoms with Crippen LogP contribution in [0.1, 0.15) is 12.5 Å². The van der Waals surface area contributed by atoms with Crippen LogP contribution in [0.2, 0.25) is 0 Å². The summed E-state index contributed by atoms with van der Waals surface area (Å²) in [5.41, 5.74) is 3.54. The van der Waals surface area contributed by atoms with E-state index in [1.54, 1.807) is 6.07 Å². The number of hydrogen-bond donors (Lipinski definition) is 1. The number of hydroxylamine groups is 1. The Morgan fingerprint density at radius 1 is 1.54 bits per heavy atom. The number of aromatic nitrogens is 1. The van der Waals surface area contributed by atoms with Gasteiger partial charge in [0.15, 0.2) is 5.76 Å². The van der Waals surface area contributed by atoms with E-state index < -0.39 is 5.95 Å². The summed E-state index contributed by atoms with van der Waals surface area (Å²) in [6.45, 7) is 1.96. The molecule has 4 heteroatoms. The Morgan fingerprint density at radius 3 is 2.92 bits per heavy atom. The summed E-state index contributed by atoms with van der Waals surface area (Å²) in [6, 6.07) is 3.12. The van der Waals surface area contributed by atoms with Crippen LogP contribution < -0.4 is 5.48 Å². The van der Waals surface area contributed by atoms with Gasteiger partial charge in [-0.15, -0.1) is 5.48 Å². The molecule has 0 bridgehead atoms. The van der Waals surface area contributed by atoms with Gasteiger partial charge in [0.05, 0.1) is 6.04 Å². The molecule has 1 aliphatic rings. The third-order valence-electron chi connectivity index (χ3n) is 1.77. The molecule has 0 amide bonds. The van der Waals surface area contributed by atoms with Gasteiger partial charge >= 0.3 is 0 Å². The van der Waals surface area contributed by atoms with Gasteiger partial charge in [0, 0.05) is 11.8 Å². The van der Waals surface area contributed by atoms with Gasteiger partial charge in [0.25, 0.3) is 0 Å². The number of nitrogens with zero attached hydrogens (tertiary/aromatic N) is 1. The molecule has 0 fully saturated rings. The molecule has 2 rings (SSSR count). The normalized spacial score (nSPS) is 21.1. The minimum absolute atomic E-state index is 0.181. The fraction of sp³-hybridized carbons (Fsp3) is 0.222. The molecule has 13 heavy (non-hydrogen) atoms. The van der Waals surface area contributed by atoms with Crippen molar-refractivity contribution in [3.63, 3.8) is 0 Å². The molecular weight excluding hydrogens is 171 g/mol. The lowest BCUT2D eigenvalue weighted by Crippen LogP contribution is -2.15. The van der Waals surface area contributed by atoms with Gasteiger partial charge in [-0.05, 0) is 25.1 Å². The molecule has 3 nitrogen and oxygen atoms in total. The highest BCUT2D eigenvalue weighted by atomic mass is 19.1. The summed E-state index contributed by atoms with van der Waals surface area (Å²) >= 11 is 0. The zero-order valence-electron chi connectivity index (χ0n) is 7.12. The smallest absolute Gasteiger partial charge is 0.212 e. The largest absolute Gasteiger partial charge is 0.408 e. The maximum atomic E-state index is 12.5. The highest BCUT2D eigenvalue weighted by Gasteiger charge is 2.13. The van der Waals surface area contributed by atoms with Gasteiger partial charge in [-0.1, -0.05) is 0 Å². The van der Waals surface area contributed by atoms with Crippen molar-refractivity contribution in [1.82, 2.24) is 10.5 Å². The third-order valence-corrected chi connectivity index (χ3v) is 1.77. The summed E-state index contributed by atoms with van der Waals surface area (Å²) in [5.74, 6) is 0.211. The van der Waals surface area contributed by atoms with E-state index in [1.165, 1.54) is 12.3 Å². The van der Waals surface area contributed by atoms with Gasteiger partial charge in [-0.3, -0.25) is 0 Å². The van der Waals surface area contributed by atoms with Crippen LogP contribution in [-0.2, 0) is 4.84 Å². The predicted molar refractivity (Wildman–Crippen MR) is 45.9 cm³/mol. The number of halogens is 1. The monoisotopic (exact) mass is 180 g/mol. The summed E-state index contributed by atoms with van der Waals surface area (Å²) < 4.78 is 12.5. The molecule has 1 unspecified atom stereocenters. The highest BCUT2D eigenvalue weighted by Crippen LogP contribution is 2.18. The first-order valence-corrected chi connectivity index (χ1v) is 4.02. The Morgan fingerprint density at radius 2 is 2.38 bits per heavy atom. The van der Waals surface area contributed by atoms with Gasteiger partial charge in [0.1, 0.15) is 0 Å². The van der Waals surface area contributed by atoms with Crippen molar-refractivity contribution in [3.8, 4) is 0 Å². The topological polar surface area (TPSA) is 34.1 Å². The van der Waals surface area contributed by atoms with Crippen LogP contribution in [0.3, 0.4) is 0 Å². The SMILES string of the molecule is CC1C=C(c2ccc(F)nc2)ON1. The van der Waals surface area contributed by atoms with Crippen LogP contribution in [0, 0.1) is 5.95 Å². The van der Waals surface area contributed by atoms with Gasteiger partial charge in [0.2, 0.25) is 5.95 Å². The molecule has 0 saturated carbocycles. The minimum Gasteiger partial charge on any atom is -0.408 e. The quantitative estimate of drug-likeness (QED) is 0.665. The van der Waals surface area contributed by atoms with Crippen molar-refractivity contribution in [2.75, 3.05) is 0 Å². The number of nitrogens with one attached hydrogen (secondary N) is 1. The summed E-state index contributed by atoms with van der Waals surface area (Å²) in [7, 11) is 0. The second kappa shape index (κ2) is 3.14. The van der Waals surface area contributed by atoms with Crippen LogP contribution in [0.25, 0.3) is 5.76 Å². The second-order valence-corrected chi connectivity index (χ2v) is 2.91. The van der Waals surface area contributed by atoms with Crippen LogP contribution in [0.4, 0.5) is 4.39 Å². The first-order chi connectivity index (χ1) is 6.25. The number of hydrogen-bond acceptors (Lipinski definition) is 3. The van der Waals surface area contributed by atoms with Crippen molar-refractivity contribution < 1.29 is 9.23 Å². The molecule has 0 saturated heterocycles. The van der Waals surface area contributed by atoms with Gasteiger partial charge in [-0.2, -0.15) is 4.39 Å². The second-order valence-electron chi connectivity index (χ2n) is 2.91. The van der Waals surface area contributed by atoms with Crippen LogP contribution in [-0.4, -0.2) is 11.0 Å². The molecule has 1 aromatic rings. The van der Waals surface area contributed by atoms with Crippen molar-refractivity contribution in [2.24, 2.45) is 0 Å². The lowest BCUT2D eigenvalue weighted by atomic mass is 10.2. The van der Waals surface area contributed by atoms with Gasteiger partial charge < -0.3 is 4.84 Å². The van der Waals surface area contributed by atoms with Crippen LogP contribution in [0.15, 0.2) is 24.4 Å². The Labute approximate surface area is 75.2 Å². The maximum absolute atomic E-state index is 12.5. The molecular formula is C9H9FN2O. The molecule has 0 spiro atoms. The van der Waals surface area contributed by atoms with E-state index in [1.807, 2.05) is 13.0 Å². The maximum Gasteiger partial charge on any atom is 0.212 e. The van der Waals surface area contributed by atoms with Gasteiger partial charge in [-0.25, -0.2) is 4.98 Å². The Hall–Kier alpha value is -1.42. The average Bonchev–Trinajstić information content (AvgIpc) is 2.53. The predicted octanol–water partition coefficient (Wildman–Crippen LogP) is 1.48. The Kier molecular flexibility index (Phi) is 1.98. The Bertz CT molecular complexity index is 334. The van der Waals surface area contributed by atoms with E-state index in [-0.39, 0.29) is 6.04 Å². The van der Waals surface area contributed by atoms with Crippen molar-refractivity contribution in [2.45, 2.75) is 13.0 Å². The molecule has 68 valence electrons. The molecule has 2 heterocycles. The van der Waals surface area contributed by atoms with Crippen molar-refractivity contribution in [3.05, 3.63) is 35.9 Å². The average molecular weight is 180 g/mol. The Balaban J connectivity index is 2.26. The highest BCUT2D eigenvalue weighted by molar-refractivity contribution is 5.60. The lowest BCUT2D eigenvalue weighted by Gasteiger charge is -2.01. The molecule has 0 aliphatic carbocycles. The van der Waals surface area contributed by atoms with E-state index in [2.05, 4.69) is 10.5 Å². The van der Waals surface area contributed by atoms with E-state index in [4.69, 9.17) is 4.84 Å². The first kappa shape index (κ1) is 8.19. The van der Waals surface area contributed by atoms with E-state index >= 15 is 0 Å².